The van der Waals surface area contributed by atoms with E-state index < -0.39 is 0 Å². The van der Waals surface area contributed by atoms with Gasteiger partial charge in [-0.3, -0.25) is 15.2 Å². The predicted molar refractivity (Wildman–Crippen MR) is 143 cm³/mol. The zero-order chi connectivity index (χ0) is 25.1. The van der Waals surface area contributed by atoms with E-state index in [2.05, 4.69) is 54.0 Å². The number of hydrazine groups is 1. The molecule has 1 aromatic carbocycles. The van der Waals surface area contributed by atoms with E-state index in [1.165, 1.54) is 0 Å². The summed E-state index contributed by atoms with van der Waals surface area (Å²) in [6.07, 6.45) is 5.80. The van der Waals surface area contributed by atoms with Gasteiger partial charge in [0, 0.05) is 35.9 Å². The van der Waals surface area contributed by atoms with Crippen molar-refractivity contribution < 1.29 is 9.53 Å². The molecule has 2 rings (SSSR count). The van der Waals surface area contributed by atoms with Crippen molar-refractivity contribution in [2.24, 2.45) is 16.8 Å². The van der Waals surface area contributed by atoms with Gasteiger partial charge in [-0.1, -0.05) is 11.6 Å². The van der Waals surface area contributed by atoms with Gasteiger partial charge in [-0.2, -0.15) is 0 Å². The maximum absolute atomic E-state index is 12.9. The van der Waals surface area contributed by atoms with E-state index >= 15 is 0 Å². The van der Waals surface area contributed by atoms with Gasteiger partial charge < -0.3 is 20.8 Å². The summed E-state index contributed by atoms with van der Waals surface area (Å²) in [6.45, 7) is 11.5. The summed E-state index contributed by atoms with van der Waals surface area (Å²) < 4.78 is 5.97. The summed E-state index contributed by atoms with van der Waals surface area (Å²) >= 11 is 6.09. The van der Waals surface area contributed by atoms with Crippen LogP contribution in [0.15, 0.2) is 34.5 Å². The number of hydrogen-bond acceptors (Lipinski definition) is 6. The lowest BCUT2D eigenvalue weighted by Gasteiger charge is -2.24. The number of allylic oxidation sites excluding steroid dienone is 1. The van der Waals surface area contributed by atoms with Crippen LogP contribution in [-0.4, -0.2) is 45.5 Å². The Morgan fingerprint density at radius 1 is 1.24 bits per heavy atom. The number of carbonyl (C=O) groups excluding carboxylic acids is 1. The largest absolute Gasteiger partial charge is 0.376 e. The van der Waals surface area contributed by atoms with Gasteiger partial charge in [0.25, 0.3) is 0 Å². The van der Waals surface area contributed by atoms with Crippen LogP contribution in [0.1, 0.15) is 59.3 Å². The lowest BCUT2D eigenvalue weighted by Crippen LogP contribution is -2.30. The fraction of sp³-hybridized carbons (Fsp3) is 0.615. The Morgan fingerprint density at radius 2 is 1.97 bits per heavy atom. The van der Waals surface area contributed by atoms with Crippen molar-refractivity contribution in [3.63, 3.8) is 0 Å². The highest BCUT2D eigenvalue weighted by Gasteiger charge is 2.31. The fourth-order valence-electron chi connectivity index (χ4n) is 3.86. The van der Waals surface area contributed by atoms with E-state index in [1.807, 2.05) is 13.1 Å². The molecule has 34 heavy (non-hydrogen) atoms. The van der Waals surface area contributed by atoms with Gasteiger partial charge in [0.2, 0.25) is 5.91 Å². The molecule has 0 radical (unpaired) electrons. The number of benzene rings is 1. The fourth-order valence-corrected chi connectivity index (χ4v) is 4.02. The van der Waals surface area contributed by atoms with Crippen molar-refractivity contribution in [3.05, 3.63) is 34.5 Å². The summed E-state index contributed by atoms with van der Waals surface area (Å²) in [5.74, 6) is 0.788. The molecule has 1 aliphatic rings. The van der Waals surface area contributed by atoms with E-state index in [0.29, 0.717) is 29.0 Å². The lowest BCUT2D eigenvalue weighted by atomic mass is 9.92. The van der Waals surface area contributed by atoms with Crippen LogP contribution in [0.4, 0.5) is 11.4 Å². The third kappa shape index (κ3) is 9.65. The van der Waals surface area contributed by atoms with E-state index in [4.69, 9.17) is 16.3 Å². The number of anilines is 1. The third-order valence-electron chi connectivity index (χ3n) is 5.94. The average molecular weight is 492 g/mol. The normalized spacial score (nSPS) is 15.4. The topological polar surface area (TPSA) is 86.8 Å². The molecule has 1 atom stereocenters. The van der Waals surface area contributed by atoms with Crippen LogP contribution < -0.4 is 21.5 Å². The monoisotopic (exact) mass is 491 g/mol. The molecule has 7 nitrogen and oxygen atoms in total. The van der Waals surface area contributed by atoms with Crippen LogP contribution in [0.5, 0.6) is 0 Å². The molecular weight excluding hydrogens is 450 g/mol. The first-order chi connectivity index (χ1) is 16.2. The molecule has 1 amide bonds. The number of carbonyl (C=O) groups is 1. The highest BCUT2D eigenvalue weighted by Crippen LogP contribution is 2.38. The third-order valence-corrected chi connectivity index (χ3v) is 6.18. The second-order valence-electron chi connectivity index (χ2n) is 9.86. The molecule has 0 spiro atoms. The Morgan fingerprint density at radius 3 is 2.56 bits per heavy atom. The molecule has 1 unspecified atom stereocenters. The molecule has 1 aliphatic carbocycles. The van der Waals surface area contributed by atoms with E-state index in [1.54, 1.807) is 19.2 Å². The second kappa shape index (κ2) is 13.7. The number of ether oxygens (including phenoxy) is 1. The number of likely N-dealkylation sites (N-methyl/N-ethyl adjacent to an activating group) is 1. The Balaban J connectivity index is 2.16. The second-order valence-corrected chi connectivity index (χ2v) is 10.3. The number of halogens is 1. The van der Waals surface area contributed by atoms with Gasteiger partial charge in [-0.05, 0) is 104 Å². The molecule has 0 aliphatic heterocycles. The highest BCUT2D eigenvalue weighted by molar-refractivity contribution is 6.31. The van der Waals surface area contributed by atoms with Crippen LogP contribution in [0.25, 0.3) is 0 Å². The van der Waals surface area contributed by atoms with E-state index in [0.717, 1.165) is 62.2 Å². The predicted octanol–water partition coefficient (Wildman–Crippen LogP) is 5.21. The Kier molecular flexibility index (Phi) is 11.4. The molecule has 190 valence electrons. The Bertz CT molecular complexity index is 846. The van der Waals surface area contributed by atoms with Crippen LogP contribution in [0.2, 0.25) is 5.02 Å². The minimum Gasteiger partial charge on any atom is -0.376 e. The van der Waals surface area contributed by atoms with E-state index in [9.17, 15) is 4.79 Å². The zero-order valence-electron chi connectivity index (χ0n) is 21.4. The summed E-state index contributed by atoms with van der Waals surface area (Å²) in [5, 5.41) is 6.69. The van der Waals surface area contributed by atoms with Gasteiger partial charge in [-0.25, -0.2) is 0 Å². The summed E-state index contributed by atoms with van der Waals surface area (Å²) in [5.41, 5.74) is 9.62. The number of hydrogen-bond donors (Lipinski definition) is 4. The summed E-state index contributed by atoms with van der Waals surface area (Å²) in [6, 6.07) is 5.41. The number of rotatable bonds is 15. The molecule has 0 saturated heterocycles. The lowest BCUT2D eigenvalue weighted by molar-refractivity contribution is -0.117. The molecule has 1 saturated carbocycles. The molecule has 0 aromatic heterocycles. The summed E-state index contributed by atoms with van der Waals surface area (Å²) in [4.78, 5) is 17.0. The Labute approximate surface area is 210 Å². The average Bonchev–Trinajstić information content (AvgIpc) is 3.63. The molecule has 8 heteroatoms. The van der Waals surface area contributed by atoms with E-state index in [-0.39, 0.29) is 11.5 Å². The quantitative estimate of drug-likeness (QED) is 0.154. The number of amides is 1. The van der Waals surface area contributed by atoms with Crippen LogP contribution >= 0.6 is 11.6 Å². The van der Waals surface area contributed by atoms with Crippen LogP contribution in [0.3, 0.4) is 0 Å². The molecule has 1 fully saturated rings. The van der Waals surface area contributed by atoms with Crippen molar-refractivity contribution >= 4 is 35.6 Å². The minimum atomic E-state index is -0.143. The molecule has 4 N–H and O–H groups in total. The van der Waals surface area contributed by atoms with Crippen molar-refractivity contribution in [3.8, 4) is 0 Å². The number of aliphatic imine (C=N–C) groups is 1. The van der Waals surface area contributed by atoms with Gasteiger partial charge in [0.15, 0.2) is 0 Å². The van der Waals surface area contributed by atoms with Gasteiger partial charge in [-0.15, -0.1) is 0 Å². The smallest absolute Gasteiger partial charge is 0.248 e. The van der Waals surface area contributed by atoms with Gasteiger partial charge in [0.05, 0.1) is 17.0 Å². The van der Waals surface area contributed by atoms with Gasteiger partial charge >= 0.3 is 0 Å². The first-order valence-electron chi connectivity index (χ1n) is 12.2. The maximum atomic E-state index is 12.9. The highest BCUT2D eigenvalue weighted by atomic mass is 35.5. The van der Waals surface area contributed by atoms with Crippen molar-refractivity contribution in [2.45, 2.75) is 64.9 Å². The first kappa shape index (κ1) is 28.1. The van der Waals surface area contributed by atoms with Crippen LogP contribution in [-0.2, 0) is 9.53 Å². The van der Waals surface area contributed by atoms with Crippen molar-refractivity contribution in [2.75, 3.05) is 32.7 Å². The zero-order valence-corrected chi connectivity index (χ0v) is 22.1. The molecular formula is C26H42ClN5O2. The number of nitrogens with one attached hydrogen (secondary N) is 4. The Hall–Kier alpha value is -2.09. The maximum Gasteiger partial charge on any atom is 0.248 e. The molecule has 0 heterocycles. The molecule has 1 aromatic rings. The SMILES string of the molecule is C=Nc1cc(Cl)ccc1NN/C(=C(/CCC(CCNC)CCOC(C)(C)C)C(=O)NC)C1CC1. The van der Waals surface area contributed by atoms with Crippen LogP contribution in [0, 0.1) is 11.8 Å². The standard InChI is InChI=1S/C26H42ClN5O2/c1-26(2,3)34-16-14-18(13-15-28-4)7-11-21(25(33)30-6)24(19-8-9-19)32-31-22-12-10-20(27)17-23(22)29-5/h10,12,17-19,28,31-32H,5,7-9,11,13-16H2,1-4,6H3,(H,30,33)/b24-21-. The van der Waals surface area contributed by atoms with Crippen molar-refractivity contribution in [1.29, 1.82) is 0 Å². The molecule has 0 bridgehead atoms. The summed E-state index contributed by atoms with van der Waals surface area (Å²) in [7, 11) is 3.66. The minimum absolute atomic E-state index is 0.0346. The first-order valence-corrected chi connectivity index (χ1v) is 12.6. The van der Waals surface area contributed by atoms with Crippen molar-refractivity contribution in [1.82, 2.24) is 16.1 Å². The number of nitrogens with zero attached hydrogens (tertiary/aromatic N) is 1. The van der Waals surface area contributed by atoms with Gasteiger partial charge in [0.1, 0.15) is 0 Å².